The maximum absolute atomic E-state index is 12.9. The highest BCUT2D eigenvalue weighted by atomic mass is 35.5. The summed E-state index contributed by atoms with van der Waals surface area (Å²) in [6.07, 6.45) is -4.54. The third-order valence-electron chi connectivity index (χ3n) is 2.51. The molecule has 20 heavy (non-hydrogen) atoms. The van der Waals surface area contributed by atoms with Gasteiger partial charge in [-0.3, -0.25) is 0 Å². The summed E-state index contributed by atoms with van der Waals surface area (Å²) in [6, 6.07) is 5.32. The molecule has 0 aliphatic carbocycles. The molecular weight excluding hydrogens is 311 g/mol. The first-order valence-corrected chi connectivity index (χ1v) is 6.48. The van der Waals surface area contributed by atoms with E-state index in [1.165, 1.54) is 12.1 Å². The number of anilines is 2. The first kappa shape index (κ1) is 14.6. The van der Waals surface area contributed by atoms with Crippen LogP contribution in [0, 0.1) is 18.3 Å². The van der Waals surface area contributed by atoms with Gasteiger partial charge < -0.3 is 5.32 Å². The van der Waals surface area contributed by atoms with Crippen molar-refractivity contribution in [3.05, 3.63) is 40.0 Å². The molecule has 8 heteroatoms. The van der Waals surface area contributed by atoms with Crippen LogP contribution in [0.5, 0.6) is 0 Å². The van der Waals surface area contributed by atoms with E-state index >= 15 is 0 Å². The molecule has 104 valence electrons. The van der Waals surface area contributed by atoms with Crippen LogP contribution in [0.2, 0.25) is 5.02 Å². The van der Waals surface area contributed by atoms with Crippen molar-refractivity contribution in [2.45, 2.75) is 13.1 Å². The minimum Gasteiger partial charge on any atom is -0.344 e. The number of benzene rings is 1. The van der Waals surface area contributed by atoms with E-state index < -0.39 is 11.7 Å². The van der Waals surface area contributed by atoms with Crippen molar-refractivity contribution in [2.75, 3.05) is 5.32 Å². The maximum atomic E-state index is 12.9. The summed E-state index contributed by atoms with van der Waals surface area (Å²) < 4.78 is 42.8. The zero-order valence-electron chi connectivity index (χ0n) is 10.0. The molecular formula is C12H7ClF3N3S. The van der Waals surface area contributed by atoms with E-state index in [1.54, 1.807) is 6.92 Å². The monoisotopic (exact) mass is 317 g/mol. The van der Waals surface area contributed by atoms with E-state index in [0.717, 1.165) is 17.6 Å². The number of aryl methyl sites for hydroxylation is 1. The standard InChI is InChI=1S/C12H7ClF3N3S/c1-6-8(5-17)11(20-19-6)18-10-3-2-7(13)4-9(10)12(14,15)16/h2-4,18H,1H3. The summed E-state index contributed by atoms with van der Waals surface area (Å²) in [5.41, 5.74) is -0.345. The third-order valence-corrected chi connectivity index (χ3v) is 3.60. The number of nitrogens with zero attached hydrogens (tertiary/aromatic N) is 2. The van der Waals surface area contributed by atoms with Gasteiger partial charge in [-0.1, -0.05) is 11.6 Å². The molecule has 0 aliphatic heterocycles. The molecule has 3 nitrogen and oxygen atoms in total. The zero-order valence-corrected chi connectivity index (χ0v) is 11.6. The quantitative estimate of drug-likeness (QED) is 0.870. The van der Waals surface area contributed by atoms with Crippen LogP contribution in [0.25, 0.3) is 0 Å². The van der Waals surface area contributed by atoms with Crippen molar-refractivity contribution in [3.8, 4) is 6.07 Å². The smallest absolute Gasteiger partial charge is 0.344 e. The van der Waals surface area contributed by atoms with Gasteiger partial charge in [0, 0.05) is 5.02 Å². The lowest BCUT2D eigenvalue weighted by atomic mass is 10.1. The van der Waals surface area contributed by atoms with Crippen LogP contribution in [0.3, 0.4) is 0 Å². The summed E-state index contributed by atoms with van der Waals surface area (Å²) >= 11 is 6.53. The molecule has 1 aromatic heterocycles. The lowest BCUT2D eigenvalue weighted by Crippen LogP contribution is -2.08. The Morgan fingerprint density at radius 1 is 1.40 bits per heavy atom. The van der Waals surface area contributed by atoms with Crippen LogP contribution >= 0.6 is 23.1 Å². The van der Waals surface area contributed by atoms with Crippen molar-refractivity contribution in [3.63, 3.8) is 0 Å². The number of rotatable bonds is 2. The highest BCUT2D eigenvalue weighted by molar-refractivity contribution is 7.10. The molecule has 0 bridgehead atoms. The Balaban J connectivity index is 2.47. The van der Waals surface area contributed by atoms with Crippen molar-refractivity contribution in [1.82, 2.24) is 4.37 Å². The molecule has 0 fully saturated rings. The minimum absolute atomic E-state index is 0.0103. The van der Waals surface area contributed by atoms with E-state index in [-0.39, 0.29) is 21.3 Å². The van der Waals surface area contributed by atoms with Crippen LogP contribution in [-0.2, 0) is 6.18 Å². The van der Waals surface area contributed by atoms with E-state index in [1.807, 2.05) is 6.07 Å². The lowest BCUT2D eigenvalue weighted by Gasteiger charge is -2.14. The first-order chi connectivity index (χ1) is 9.32. The summed E-state index contributed by atoms with van der Waals surface area (Å²) in [4.78, 5) is 0. The number of alkyl halides is 3. The molecule has 2 rings (SSSR count). The number of nitriles is 1. The molecule has 0 radical (unpaired) electrons. The fourth-order valence-electron chi connectivity index (χ4n) is 1.57. The lowest BCUT2D eigenvalue weighted by molar-refractivity contribution is -0.136. The Morgan fingerprint density at radius 2 is 2.10 bits per heavy atom. The Kier molecular flexibility index (Phi) is 3.88. The molecule has 0 aliphatic rings. The van der Waals surface area contributed by atoms with E-state index in [0.29, 0.717) is 5.69 Å². The second-order valence-corrected chi connectivity index (χ2v) is 5.11. The van der Waals surface area contributed by atoms with Crippen LogP contribution in [0.1, 0.15) is 16.8 Å². The van der Waals surface area contributed by atoms with Gasteiger partial charge in [0.25, 0.3) is 0 Å². The zero-order chi connectivity index (χ0) is 14.9. The van der Waals surface area contributed by atoms with Crippen molar-refractivity contribution < 1.29 is 13.2 Å². The maximum Gasteiger partial charge on any atom is 0.418 e. The van der Waals surface area contributed by atoms with Crippen LogP contribution in [-0.4, -0.2) is 4.37 Å². The predicted octanol–water partition coefficient (Wildman–Crippen LogP) is 4.74. The van der Waals surface area contributed by atoms with Gasteiger partial charge in [-0.2, -0.15) is 22.8 Å². The molecule has 0 unspecified atom stereocenters. The topological polar surface area (TPSA) is 48.7 Å². The van der Waals surface area contributed by atoms with Crippen molar-refractivity contribution in [2.24, 2.45) is 0 Å². The SMILES string of the molecule is Cc1nsc(Nc2ccc(Cl)cc2C(F)(F)F)c1C#N. The van der Waals surface area contributed by atoms with Gasteiger partial charge in [-0.25, -0.2) is 0 Å². The van der Waals surface area contributed by atoms with Gasteiger partial charge in [-0.15, -0.1) is 0 Å². The normalized spacial score (nSPS) is 11.2. The number of halogens is 4. The summed E-state index contributed by atoms with van der Waals surface area (Å²) in [5.74, 6) is 0. The van der Waals surface area contributed by atoms with Gasteiger partial charge in [0.15, 0.2) is 0 Å². The van der Waals surface area contributed by atoms with E-state index in [9.17, 15) is 13.2 Å². The Labute approximate surface area is 121 Å². The molecule has 1 aromatic carbocycles. The largest absolute Gasteiger partial charge is 0.418 e. The number of aromatic nitrogens is 1. The minimum atomic E-state index is -4.54. The van der Waals surface area contributed by atoms with Gasteiger partial charge >= 0.3 is 6.18 Å². The Hall–Kier alpha value is -1.78. The van der Waals surface area contributed by atoms with Crippen LogP contribution in [0.4, 0.5) is 23.9 Å². The first-order valence-electron chi connectivity index (χ1n) is 5.33. The Bertz CT molecular complexity index is 688. The molecule has 0 spiro atoms. The summed E-state index contributed by atoms with van der Waals surface area (Å²) in [7, 11) is 0. The van der Waals surface area contributed by atoms with Crippen LogP contribution in [0.15, 0.2) is 18.2 Å². The summed E-state index contributed by atoms with van der Waals surface area (Å²) in [6.45, 7) is 1.62. The number of hydrogen-bond acceptors (Lipinski definition) is 4. The average Bonchev–Trinajstić information content (AvgIpc) is 2.71. The third kappa shape index (κ3) is 2.86. The molecule has 0 saturated heterocycles. The predicted molar refractivity (Wildman–Crippen MR) is 71.3 cm³/mol. The second kappa shape index (κ2) is 5.31. The van der Waals surface area contributed by atoms with Gasteiger partial charge in [-0.05, 0) is 36.7 Å². The molecule has 0 amide bonds. The molecule has 0 saturated carbocycles. The van der Waals surface area contributed by atoms with Gasteiger partial charge in [0.05, 0.1) is 16.9 Å². The van der Waals surface area contributed by atoms with Crippen molar-refractivity contribution in [1.29, 1.82) is 5.26 Å². The highest BCUT2D eigenvalue weighted by Gasteiger charge is 2.34. The fraction of sp³-hybridized carbons (Fsp3) is 0.167. The number of hydrogen-bond donors (Lipinski definition) is 1. The van der Waals surface area contributed by atoms with Crippen molar-refractivity contribution >= 4 is 33.8 Å². The molecule has 2 aromatic rings. The number of nitrogens with one attached hydrogen (secondary N) is 1. The fourth-order valence-corrected chi connectivity index (χ4v) is 2.50. The molecule has 1 heterocycles. The molecule has 1 N–H and O–H groups in total. The highest BCUT2D eigenvalue weighted by Crippen LogP contribution is 2.38. The van der Waals surface area contributed by atoms with Gasteiger partial charge in [0.2, 0.25) is 0 Å². The average molecular weight is 318 g/mol. The van der Waals surface area contributed by atoms with E-state index in [2.05, 4.69) is 9.69 Å². The van der Waals surface area contributed by atoms with Crippen LogP contribution < -0.4 is 5.32 Å². The second-order valence-electron chi connectivity index (χ2n) is 3.90. The Morgan fingerprint density at radius 3 is 2.70 bits per heavy atom. The molecule has 0 atom stereocenters. The van der Waals surface area contributed by atoms with Gasteiger partial charge in [0.1, 0.15) is 16.6 Å². The van der Waals surface area contributed by atoms with E-state index in [4.69, 9.17) is 16.9 Å². The summed E-state index contributed by atoms with van der Waals surface area (Å²) in [5, 5.41) is 11.8.